The highest BCUT2D eigenvalue weighted by Gasteiger charge is 2.36. The van der Waals surface area contributed by atoms with Crippen molar-refractivity contribution < 1.29 is 49.8 Å². The number of carboxylic acids is 1. The number of halogens is 7. The molecule has 166 valence electrons. The van der Waals surface area contributed by atoms with Crippen LogP contribution < -0.4 is 10.1 Å². The van der Waals surface area contributed by atoms with Gasteiger partial charge in [0.2, 0.25) is 5.76 Å². The summed E-state index contributed by atoms with van der Waals surface area (Å²) < 4.78 is 99.9. The highest BCUT2D eigenvalue weighted by Crippen LogP contribution is 2.38. The molecule has 1 aromatic heterocycles. The van der Waals surface area contributed by atoms with Crippen LogP contribution in [0.15, 0.2) is 40.8 Å². The minimum atomic E-state index is -5.00. The number of alkyl halides is 6. The largest absolute Gasteiger partial charge is 0.483 e. The second-order valence-electron chi connectivity index (χ2n) is 6.36. The number of ether oxygens (including phenoxy) is 1. The lowest BCUT2D eigenvalue weighted by atomic mass is 10.1. The number of nitrogens with one attached hydrogen (secondary N) is 1. The van der Waals surface area contributed by atoms with Crippen molar-refractivity contribution in [3.63, 3.8) is 0 Å². The molecule has 3 rings (SSSR count). The van der Waals surface area contributed by atoms with Crippen LogP contribution in [0.1, 0.15) is 21.7 Å². The molecule has 0 bridgehead atoms. The third kappa shape index (κ3) is 5.38. The summed E-state index contributed by atoms with van der Waals surface area (Å²) in [6, 6.07) is 5.63. The fourth-order valence-electron chi connectivity index (χ4n) is 2.69. The monoisotopic (exact) mass is 451 g/mol. The van der Waals surface area contributed by atoms with Crippen molar-refractivity contribution in [2.75, 3.05) is 11.9 Å². The molecule has 0 amide bonds. The molecule has 0 unspecified atom stereocenters. The Bertz CT molecular complexity index is 1120. The van der Waals surface area contributed by atoms with Crippen molar-refractivity contribution in [2.24, 2.45) is 0 Å². The first-order valence-electron chi connectivity index (χ1n) is 8.43. The number of benzene rings is 2. The third-order valence-corrected chi connectivity index (χ3v) is 4.06. The number of fused-ring (bicyclic) bond motifs is 1. The molecular formula is C19H12F7NO4. The van der Waals surface area contributed by atoms with Gasteiger partial charge in [-0.05, 0) is 36.4 Å². The number of furan rings is 1. The standard InChI is InChI=1S/C19H12F7NO4/c20-13-3-9-4-16(17(28)29)31-15(9)5-10(13)7-27-11-1-2-14(30-8-18(21,22)23)12(6-11)19(24,25)26/h1-6,27H,7-8H2,(H,28,29). The van der Waals surface area contributed by atoms with Gasteiger partial charge in [0, 0.05) is 23.2 Å². The van der Waals surface area contributed by atoms with Gasteiger partial charge in [-0.3, -0.25) is 0 Å². The second kappa shape index (κ2) is 8.00. The molecule has 1 heterocycles. The number of aromatic carboxylic acids is 1. The predicted octanol–water partition coefficient (Wildman–Crippen LogP) is 5.84. The molecule has 2 N–H and O–H groups in total. The lowest BCUT2D eigenvalue weighted by Crippen LogP contribution is -2.21. The Morgan fingerprint density at radius 3 is 2.39 bits per heavy atom. The Balaban J connectivity index is 1.82. The first-order valence-corrected chi connectivity index (χ1v) is 8.43. The summed E-state index contributed by atoms with van der Waals surface area (Å²) >= 11 is 0. The number of carbonyl (C=O) groups is 1. The van der Waals surface area contributed by atoms with Gasteiger partial charge in [-0.25, -0.2) is 9.18 Å². The summed E-state index contributed by atoms with van der Waals surface area (Å²) in [5.74, 6) is -3.54. The van der Waals surface area contributed by atoms with Gasteiger partial charge in [0.05, 0.1) is 5.56 Å². The lowest BCUT2D eigenvalue weighted by Gasteiger charge is -2.17. The van der Waals surface area contributed by atoms with Crippen molar-refractivity contribution in [1.29, 1.82) is 0 Å². The molecule has 31 heavy (non-hydrogen) atoms. The number of rotatable bonds is 6. The zero-order valence-corrected chi connectivity index (χ0v) is 15.2. The van der Waals surface area contributed by atoms with E-state index < -0.39 is 47.8 Å². The summed E-state index contributed by atoms with van der Waals surface area (Å²) in [5, 5.41) is 11.6. The van der Waals surface area contributed by atoms with Gasteiger partial charge in [-0.2, -0.15) is 26.3 Å². The van der Waals surface area contributed by atoms with E-state index in [4.69, 9.17) is 9.52 Å². The van der Waals surface area contributed by atoms with Crippen molar-refractivity contribution in [3.8, 4) is 5.75 Å². The van der Waals surface area contributed by atoms with Crippen LogP contribution in [0.2, 0.25) is 0 Å². The summed E-state index contributed by atoms with van der Waals surface area (Å²) in [6.07, 6.45) is -9.81. The maximum absolute atomic E-state index is 14.2. The van der Waals surface area contributed by atoms with Gasteiger partial charge >= 0.3 is 18.3 Å². The summed E-state index contributed by atoms with van der Waals surface area (Å²) in [7, 11) is 0. The molecule has 0 fully saturated rings. The fraction of sp³-hybridized carbons (Fsp3) is 0.211. The topological polar surface area (TPSA) is 71.7 Å². The van der Waals surface area contributed by atoms with E-state index in [1.807, 2.05) is 0 Å². The van der Waals surface area contributed by atoms with E-state index >= 15 is 0 Å². The summed E-state index contributed by atoms with van der Waals surface area (Å²) in [5.41, 5.74) is -1.57. The van der Waals surface area contributed by atoms with Crippen molar-refractivity contribution in [2.45, 2.75) is 18.9 Å². The lowest BCUT2D eigenvalue weighted by molar-refractivity contribution is -0.158. The fourth-order valence-corrected chi connectivity index (χ4v) is 2.69. The van der Waals surface area contributed by atoms with E-state index in [0.29, 0.717) is 6.07 Å². The summed E-state index contributed by atoms with van der Waals surface area (Å²) in [4.78, 5) is 10.9. The van der Waals surface area contributed by atoms with Crippen LogP contribution in [0.5, 0.6) is 5.75 Å². The molecule has 0 aliphatic rings. The van der Waals surface area contributed by atoms with Gasteiger partial charge in [0.1, 0.15) is 17.1 Å². The number of anilines is 1. The van der Waals surface area contributed by atoms with E-state index in [0.717, 1.165) is 24.3 Å². The van der Waals surface area contributed by atoms with Gasteiger partial charge in [0.25, 0.3) is 0 Å². The smallest absolute Gasteiger partial charge is 0.422 e. The van der Waals surface area contributed by atoms with Crippen LogP contribution in [-0.2, 0) is 12.7 Å². The van der Waals surface area contributed by atoms with Crippen LogP contribution in [0.4, 0.5) is 36.4 Å². The second-order valence-corrected chi connectivity index (χ2v) is 6.36. The molecule has 0 radical (unpaired) electrons. The van der Waals surface area contributed by atoms with E-state index in [1.165, 1.54) is 6.07 Å². The van der Waals surface area contributed by atoms with Gasteiger partial charge in [-0.15, -0.1) is 0 Å². The van der Waals surface area contributed by atoms with Gasteiger partial charge < -0.3 is 19.6 Å². The molecule has 0 atom stereocenters. The molecule has 3 aromatic rings. The van der Waals surface area contributed by atoms with E-state index in [2.05, 4.69) is 10.1 Å². The highest BCUT2D eigenvalue weighted by molar-refractivity contribution is 5.91. The Morgan fingerprint density at radius 2 is 1.77 bits per heavy atom. The Morgan fingerprint density at radius 1 is 1.06 bits per heavy atom. The summed E-state index contributed by atoms with van der Waals surface area (Å²) in [6.45, 7) is -2.21. The Labute approximate surface area is 169 Å². The van der Waals surface area contributed by atoms with Crippen LogP contribution in [0, 0.1) is 5.82 Å². The van der Waals surface area contributed by atoms with Crippen molar-refractivity contribution >= 4 is 22.6 Å². The van der Waals surface area contributed by atoms with Gasteiger partial charge in [0.15, 0.2) is 6.61 Å². The molecule has 0 spiro atoms. The molecule has 0 aliphatic carbocycles. The minimum Gasteiger partial charge on any atom is -0.483 e. The first kappa shape index (κ1) is 22.2. The number of hydrogen-bond donors (Lipinski definition) is 2. The molecule has 0 saturated heterocycles. The molecule has 0 saturated carbocycles. The zero-order chi connectivity index (χ0) is 23.0. The molecule has 12 heteroatoms. The quantitative estimate of drug-likeness (QED) is 0.461. The van der Waals surface area contributed by atoms with E-state index in [9.17, 15) is 35.5 Å². The maximum Gasteiger partial charge on any atom is 0.422 e. The van der Waals surface area contributed by atoms with Crippen molar-refractivity contribution in [3.05, 3.63) is 59.1 Å². The Kier molecular flexibility index (Phi) is 5.74. The molecule has 5 nitrogen and oxygen atoms in total. The minimum absolute atomic E-state index is 0.0373. The van der Waals surface area contributed by atoms with Crippen LogP contribution in [-0.4, -0.2) is 23.9 Å². The van der Waals surface area contributed by atoms with E-state index in [-0.39, 0.29) is 28.8 Å². The molecular weight excluding hydrogens is 439 g/mol. The molecule has 2 aromatic carbocycles. The highest BCUT2D eigenvalue weighted by atomic mass is 19.4. The average molecular weight is 451 g/mol. The Hall–Kier alpha value is -3.44. The zero-order valence-electron chi connectivity index (χ0n) is 15.2. The van der Waals surface area contributed by atoms with Crippen LogP contribution in [0.3, 0.4) is 0 Å². The number of hydrogen-bond acceptors (Lipinski definition) is 4. The third-order valence-electron chi connectivity index (χ3n) is 4.06. The maximum atomic E-state index is 14.2. The van der Waals surface area contributed by atoms with Gasteiger partial charge in [-0.1, -0.05) is 0 Å². The normalized spacial score (nSPS) is 12.2. The van der Waals surface area contributed by atoms with Crippen LogP contribution >= 0.6 is 0 Å². The van der Waals surface area contributed by atoms with Crippen LogP contribution in [0.25, 0.3) is 11.0 Å². The van der Waals surface area contributed by atoms with E-state index in [1.54, 1.807) is 0 Å². The number of carboxylic acid groups (broad SMARTS) is 1. The predicted molar refractivity (Wildman–Crippen MR) is 93.5 cm³/mol. The SMILES string of the molecule is O=C(O)c1cc2cc(F)c(CNc3ccc(OCC(F)(F)F)c(C(F)(F)F)c3)cc2o1. The first-order chi connectivity index (χ1) is 14.3. The molecule has 0 aliphatic heterocycles. The van der Waals surface area contributed by atoms with Crippen molar-refractivity contribution in [1.82, 2.24) is 0 Å². The average Bonchev–Trinajstić information content (AvgIpc) is 3.06.